The van der Waals surface area contributed by atoms with E-state index in [0.29, 0.717) is 12.3 Å². The highest BCUT2D eigenvalue weighted by atomic mass is 16.7. The van der Waals surface area contributed by atoms with Gasteiger partial charge < -0.3 is 19.9 Å². The van der Waals surface area contributed by atoms with Crippen molar-refractivity contribution < 1.29 is 14.6 Å². The van der Waals surface area contributed by atoms with Crippen molar-refractivity contribution in [2.75, 3.05) is 20.2 Å². The molecule has 0 aromatic heterocycles. The van der Waals surface area contributed by atoms with Crippen LogP contribution in [0.25, 0.3) is 0 Å². The highest BCUT2D eigenvalue weighted by Gasteiger charge is 2.28. The van der Waals surface area contributed by atoms with Crippen LogP contribution in [0.2, 0.25) is 0 Å². The Labute approximate surface area is 128 Å². The highest BCUT2D eigenvalue weighted by molar-refractivity contribution is 4.75. The molecule has 0 spiro atoms. The SMILES string of the molecule is CNCCC(C)OC(OCC(C)(O)CC(C)C)C(C)N=O. The maximum Gasteiger partial charge on any atom is 0.183 e. The zero-order valence-corrected chi connectivity index (χ0v) is 14.3. The molecule has 4 atom stereocenters. The summed E-state index contributed by atoms with van der Waals surface area (Å²) in [5, 5.41) is 16.3. The molecule has 6 nitrogen and oxygen atoms in total. The lowest BCUT2D eigenvalue weighted by atomic mass is 9.95. The zero-order valence-electron chi connectivity index (χ0n) is 14.3. The second-order valence-electron chi connectivity index (χ2n) is 6.46. The van der Waals surface area contributed by atoms with Crippen LogP contribution in [0.3, 0.4) is 0 Å². The monoisotopic (exact) mass is 304 g/mol. The Kier molecular flexibility index (Phi) is 9.94. The van der Waals surface area contributed by atoms with Crippen molar-refractivity contribution in [2.45, 2.75) is 71.5 Å². The molecule has 21 heavy (non-hydrogen) atoms. The Balaban J connectivity index is 4.46. The molecule has 0 heterocycles. The Morgan fingerprint density at radius 2 is 1.90 bits per heavy atom. The van der Waals surface area contributed by atoms with E-state index in [-0.39, 0.29) is 12.7 Å². The molecule has 0 aromatic rings. The average Bonchev–Trinajstić information content (AvgIpc) is 2.38. The predicted molar refractivity (Wildman–Crippen MR) is 84.2 cm³/mol. The number of rotatable bonds is 12. The molecule has 126 valence electrons. The summed E-state index contributed by atoms with van der Waals surface area (Å²) in [6, 6.07) is -0.614. The van der Waals surface area contributed by atoms with Crippen LogP contribution in [-0.2, 0) is 9.47 Å². The second kappa shape index (κ2) is 10.2. The van der Waals surface area contributed by atoms with Crippen LogP contribution in [0.1, 0.15) is 47.5 Å². The molecule has 0 rings (SSSR count). The van der Waals surface area contributed by atoms with Crippen LogP contribution >= 0.6 is 0 Å². The van der Waals surface area contributed by atoms with Gasteiger partial charge in [0.15, 0.2) is 6.29 Å². The van der Waals surface area contributed by atoms with E-state index in [2.05, 4.69) is 10.5 Å². The lowest BCUT2D eigenvalue weighted by molar-refractivity contribution is -0.201. The molecule has 0 saturated carbocycles. The van der Waals surface area contributed by atoms with Gasteiger partial charge in [-0.05, 0) is 53.1 Å². The van der Waals surface area contributed by atoms with E-state index in [1.165, 1.54) is 0 Å². The first-order valence-corrected chi connectivity index (χ1v) is 7.68. The lowest BCUT2D eigenvalue weighted by Crippen LogP contribution is -2.39. The minimum atomic E-state index is -0.938. The van der Waals surface area contributed by atoms with Crippen LogP contribution in [0.5, 0.6) is 0 Å². The van der Waals surface area contributed by atoms with Gasteiger partial charge in [-0.15, -0.1) is 0 Å². The molecular formula is C15H32N2O4. The van der Waals surface area contributed by atoms with E-state index in [4.69, 9.17) is 9.47 Å². The maximum atomic E-state index is 10.8. The van der Waals surface area contributed by atoms with Gasteiger partial charge in [0.2, 0.25) is 0 Å². The summed E-state index contributed by atoms with van der Waals surface area (Å²) in [5.41, 5.74) is -0.938. The Morgan fingerprint density at radius 3 is 2.38 bits per heavy atom. The summed E-state index contributed by atoms with van der Waals surface area (Å²) in [6.07, 6.45) is 0.650. The van der Waals surface area contributed by atoms with Crippen LogP contribution in [0.15, 0.2) is 5.18 Å². The van der Waals surface area contributed by atoms with Gasteiger partial charge in [-0.1, -0.05) is 19.0 Å². The molecule has 0 amide bonds. The van der Waals surface area contributed by atoms with Crippen molar-refractivity contribution in [3.05, 3.63) is 4.91 Å². The van der Waals surface area contributed by atoms with Gasteiger partial charge in [0, 0.05) is 0 Å². The van der Waals surface area contributed by atoms with E-state index >= 15 is 0 Å². The topological polar surface area (TPSA) is 80.2 Å². The summed E-state index contributed by atoms with van der Waals surface area (Å²) in [6.45, 7) is 10.3. The summed E-state index contributed by atoms with van der Waals surface area (Å²) in [4.78, 5) is 10.8. The number of ether oxygens (including phenoxy) is 2. The first-order chi connectivity index (χ1) is 9.71. The standard InChI is InChI=1S/C15H32N2O4/c1-11(2)9-15(5,18)10-20-14(13(4)17-19)21-12(3)7-8-16-6/h11-14,16,18H,7-10H2,1-6H3. The number of nitrogens with zero attached hydrogens (tertiary/aromatic N) is 1. The minimum absolute atomic E-state index is 0.0540. The lowest BCUT2D eigenvalue weighted by Gasteiger charge is -2.30. The van der Waals surface area contributed by atoms with Gasteiger partial charge in [-0.2, -0.15) is 4.91 Å². The fraction of sp³-hybridized carbons (Fsp3) is 1.00. The molecular weight excluding hydrogens is 272 g/mol. The van der Waals surface area contributed by atoms with Gasteiger partial charge in [0.1, 0.15) is 6.04 Å². The summed E-state index contributed by atoms with van der Waals surface area (Å²) in [5.74, 6) is 0.360. The molecule has 2 N–H and O–H groups in total. The zero-order chi connectivity index (χ0) is 16.5. The predicted octanol–water partition coefficient (Wildman–Crippen LogP) is 2.30. The summed E-state index contributed by atoms with van der Waals surface area (Å²) >= 11 is 0. The highest BCUT2D eigenvalue weighted by Crippen LogP contribution is 2.19. The molecule has 6 heteroatoms. The smallest absolute Gasteiger partial charge is 0.183 e. The van der Waals surface area contributed by atoms with E-state index in [9.17, 15) is 10.0 Å². The van der Waals surface area contributed by atoms with Crippen molar-refractivity contribution in [2.24, 2.45) is 11.1 Å². The molecule has 0 radical (unpaired) electrons. The third kappa shape index (κ3) is 9.90. The summed E-state index contributed by atoms with van der Waals surface area (Å²) < 4.78 is 11.4. The molecule has 0 fully saturated rings. The average molecular weight is 304 g/mol. The van der Waals surface area contributed by atoms with E-state index in [0.717, 1.165) is 13.0 Å². The third-order valence-electron chi connectivity index (χ3n) is 3.13. The Morgan fingerprint density at radius 1 is 1.29 bits per heavy atom. The van der Waals surface area contributed by atoms with Crippen molar-refractivity contribution >= 4 is 0 Å². The Hall–Kier alpha value is -0.560. The van der Waals surface area contributed by atoms with E-state index in [1.807, 2.05) is 27.8 Å². The molecule has 4 unspecified atom stereocenters. The molecule has 0 saturated heterocycles. The van der Waals surface area contributed by atoms with Crippen molar-refractivity contribution in [3.63, 3.8) is 0 Å². The molecule has 0 aromatic carbocycles. The maximum absolute atomic E-state index is 10.8. The molecule has 0 bridgehead atoms. The number of hydrogen-bond acceptors (Lipinski definition) is 6. The number of nitrogens with one attached hydrogen (secondary N) is 1. The van der Waals surface area contributed by atoms with Crippen molar-refractivity contribution in [1.29, 1.82) is 0 Å². The van der Waals surface area contributed by atoms with Crippen LogP contribution in [0, 0.1) is 10.8 Å². The van der Waals surface area contributed by atoms with Gasteiger partial charge >= 0.3 is 0 Å². The normalized spacial score (nSPS) is 19.0. The van der Waals surface area contributed by atoms with Gasteiger partial charge in [0.05, 0.1) is 18.3 Å². The van der Waals surface area contributed by atoms with Gasteiger partial charge in [-0.25, -0.2) is 0 Å². The van der Waals surface area contributed by atoms with E-state index in [1.54, 1.807) is 13.8 Å². The molecule has 0 aliphatic carbocycles. The molecule has 0 aliphatic heterocycles. The minimum Gasteiger partial charge on any atom is -0.388 e. The first-order valence-electron chi connectivity index (χ1n) is 7.68. The second-order valence-corrected chi connectivity index (χ2v) is 6.46. The van der Waals surface area contributed by atoms with Crippen LogP contribution in [0.4, 0.5) is 0 Å². The fourth-order valence-corrected chi connectivity index (χ4v) is 2.19. The third-order valence-corrected chi connectivity index (χ3v) is 3.13. The molecule has 0 aliphatic rings. The number of nitroso groups, excluding NO2 is 1. The van der Waals surface area contributed by atoms with E-state index < -0.39 is 17.9 Å². The Bertz CT molecular complexity index is 285. The quantitative estimate of drug-likeness (QED) is 0.427. The van der Waals surface area contributed by atoms with Crippen molar-refractivity contribution in [3.8, 4) is 0 Å². The van der Waals surface area contributed by atoms with Gasteiger partial charge in [0.25, 0.3) is 0 Å². The largest absolute Gasteiger partial charge is 0.388 e. The van der Waals surface area contributed by atoms with Crippen LogP contribution < -0.4 is 5.32 Å². The van der Waals surface area contributed by atoms with Crippen molar-refractivity contribution in [1.82, 2.24) is 5.32 Å². The number of hydrogen-bond donors (Lipinski definition) is 2. The fourth-order valence-electron chi connectivity index (χ4n) is 2.19. The number of aliphatic hydroxyl groups is 1. The van der Waals surface area contributed by atoms with Crippen LogP contribution in [-0.4, -0.2) is 49.3 Å². The van der Waals surface area contributed by atoms with Gasteiger partial charge in [-0.3, -0.25) is 0 Å². The first kappa shape index (κ1) is 20.4. The summed E-state index contributed by atoms with van der Waals surface area (Å²) in [7, 11) is 1.87.